The number of hydrogen-bond acceptors (Lipinski definition) is 2. The zero-order valence-electron chi connectivity index (χ0n) is 30.6. The van der Waals surface area contributed by atoms with Gasteiger partial charge in [-0.3, -0.25) is 0 Å². The van der Waals surface area contributed by atoms with Crippen molar-refractivity contribution in [2.75, 3.05) is 4.90 Å². The fraction of sp³-hybridized carbons (Fsp3) is 0. The Labute approximate surface area is 325 Å². The van der Waals surface area contributed by atoms with Gasteiger partial charge < -0.3 is 9.32 Å². The largest absolute Gasteiger partial charge is 0.455 e. The van der Waals surface area contributed by atoms with Crippen LogP contribution in [0.25, 0.3) is 87.6 Å². The van der Waals surface area contributed by atoms with E-state index in [-0.39, 0.29) is 0 Å². The first-order valence-corrected chi connectivity index (χ1v) is 19.2. The monoisotopic (exact) mass is 713 g/mol. The smallest absolute Gasteiger partial charge is 0.143 e. The highest BCUT2D eigenvalue weighted by molar-refractivity contribution is 6.14. The zero-order valence-corrected chi connectivity index (χ0v) is 30.6. The standard InChI is InChI=1S/C54H35NO/c1-2-12-36(13-3-1)37-24-29-42(30-25-37)55(43-31-26-39(27-32-43)45-19-10-20-46-44-17-7-6-14-38(44)28-33-47(45)46)52-23-9-8-18-48(52)49-21-11-22-50-51-34-40-15-4-5-16-41(40)35-53(51)56-54(49)50/h1-35H. The molecule has 0 unspecified atom stereocenters. The quantitative estimate of drug-likeness (QED) is 0.160. The lowest BCUT2D eigenvalue weighted by Crippen LogP contribution is -2.11. The second-order valence-corrected chi connectivity index (χ2v) is 14.5. The summed E-state index contributed by atoms with van der Waals surface area (Å²) in [6, 6.07) is 76.4. The first kappa shape index (κ1) is 32.0. The molecule has 0 bridgehead atoms. The predicted octanol–water partition coefficient (Wildman–Crippen LogP) is 15.5. The van der Waals surface area contributed by atoms with Gasteiger partial charge in [0.15, 0.2) is 0 Å². The number of furan rings is 1. The first-order valence-electron chi connectivity index (χ1n) is 19.2. The summed E-state index contributed by atoms with van der Waals surface area (Å²) in [5.41, 5.74) is 11.9. The number of anilines is 3. The van der Waals surface area contributed by atoms with Crippen molar-refractivity contribution in [1.82, 2.24) is 0 Å². The molecule has 0 saturated carbocycles. The highest BCUT2D eigenvalue weighted by atomic mass is 16.3. The molecule has 56 heavy (non-hydrogen) atoms. The third-order valence-corrected chi connectivity index (χ3v) is 11.3. The fourth-order valence-electron chi connectivity index (χ4n) is 8.53. The summed E-state index contributed by atoms with van der Waals surface area (Å²) >= 11 is 0. The maximum atomic E-state index is 6.77. The van der Waals surface area contributed by atoms with Crippen LogP contribution in [0.2, 0.25) is 0 Å². The van der Waals surface area contributed by atoms with E-state index in [1.54, 1.807) is 0 Å². The molecule has 0 atom stereocenters. The number of nitrogens with zero attached hydrogens (tertiary/aromatic N) is 1. The van der Waals surface area contributed by atoms with E-state index in [9.17, 15) is 0 Å². The second kappa shape index (κ2) is 13.2. The van der Waals surface area contributed by atoms with Crippen LogP contribution in [0.4, 0.5) is 17.1 Å². The molecule has 0 N–H and O–H groups in total. The number of benzene rings is 10. The van der Waals surface area contributed by atoms with Gasteiger partial charge in [-0.05, 0) is 97.0 Å². The third-order valence-electron chi connectivity index (χ3n) is 11.3. The Morgan fingerprint density at radius 2 is 0.875 bits per heavy atom. The number of fused-ring (bicyclic) bond motifs is 7. The van der Waals surface area contributed by atoms with Crippen LogP contribution in [0, 0.1) is 0 Å². The van der Waals surface area contributed by atoms with Crippen LogP contribution in [0.3, 0.4) is 0 Å². The van der Waals surface area contributed by atoms with E-state index in [0.717, 1.165) is 50.1 Å². The van der Waals surface area contributed by atoms with Gasteiger partial charge in [-0.15, -0.1) is 0 Å². The van der Waals surface area contributed by atoms with Crippen molar-refractivity contribution in [3.05, 3.63) is 212 Å². The molecule has 1 aromatic heterocycles. The Bertz CT molecular complexity index is 3230. The van der Waals surface area contributed by atoms with Crippen LogP contribution < -0.4 is 4.90 Å². The number of hydrogen-bond donors (Lipinski definition) is 0. The molecular weight excluding hydrogens is 679 g/mol. The van der Waals surface area contributed by atoms with Crippen LogP contribution in [0.15, 0.2) is 217 Å². The maximum absolute atomic E-state index is 6.77. The van der Waals surface area contributed by atoms with Gasteiger partial charge in [0.2, 0.25) is 0 Å². The molecule has 0 spiro atoms. The third kappa shape index (κ3) is 5.34. The molecule has 2 nitrogen and oxygen atoms in total. The van der Waals surface area contributed by atoms with Gasteiger partial charge in [0.1, 0.15) is 11.2 Å². The molecule has 0 amide bonds. The molecule has 0 fully saturated rings. The van der Waals surface area contributed by atoms with E-state index in [1.165, 1.54) is 54.6 Å². The lowest BCUT2D eigenvalue weighted by atomic mass is 9.94. The highest BCUT2D eigenvalue weighted by Gasteiger charge is 2.21. The van der Waals surface area contributed by atoms with E-state index in [0.29, 0.717) is 0 Å². The average Bonchev–Trinajstić information content (AvgIpc) is 3.64. The van der Waals surface area contributed by atoms with E-state index < -0.39 is 0 Å². The van der Waals surface area contributed by atoms with Crippen molar-refractivity contribution in [2.24, 2.45) is 0 Å². The van der Waals surface area contributed by atoms with Gasteiger partial charge in [0.25, 0.3) is 0 Å². The average molecular weight is 714 g/mol. The van der Waals surface area contributed by atoms with Gasteiger partial charge in [0, 0.05) is 33.3 Å². The topological polar surface area (TPSA) is 16.4 Å². The summed E-state index contributed by atoms with van der Waals surface area (Å²) in [6.07, 6.45) is 0. The Balaban J connectivity index is 1.07. The maximum Gasteiger partial charge on any atom is 0.143 e. The van der Waals surface area contributed by atoms with E-state index in [1.807, 2.05) is 0 Å². The van der Waals surface area contributed by atoms with E-state index in [2.05, 4.69) is 217 Å². The van der Waals surface area contributed by atoms with Crippen molar-refractivity contribution in [2.45, 2.75) is 0 Å². The normalized spacial score (nSPS) is 11.6. The summed E-state index contributed by atoms with van der Waals surface area (Å²) in [4.78, 5) is 2.38. The van der Waals surface area contributed by atoms with Crippen LogP contribution in [0.1, 0.15) is 0 Å². The molecule has 11 rings (SSSR count). The highest BCUT2D eigenvalue weighted by Crippen LogP contribution is 2.45. The summed E-state index contributed by atoms with van der Waals surface area (Å²) in [5, 5.41) is 9.68. The van der Waals surface area contributed by atoms with Gasteiger partial charge >= 0.3 is 0 Å². The SMILES string of the molecule is c1ccc(-c2ccc(N(c3ccc(-c4cccc5c4ccc4ccccc45)cc3)c3ccccc3-c3cccc4c3oc3cc5ccccc5cc34)cc2)cc1. The molecule has 0 aliphatic rings. The van der Waals surface area contributed by atoms with Crippen LogP contribution in [-0.2, 0) is 0 Å². The lowest BCUT2D eigenvalue weighted by molar-refractivity contribution is 0.670. The minimum absolute atomic E-state index is 0.892. The Morgan fingerprint density at radius 3 is 1.66 bits per heavy atom. The van der Waals surface area contributed by atoms with E-state index in [4.69, 9.17) is 4.42 Å². The molecule has 10 aromatic carbocycles. The van der Waals surface area contributed by atoms with Gasteiger partial charge in [-0.25, -0.2) is 0 Å². The van der Waals surface area contributed by atoms with Crippen LogP contribution >= 0.6 is 0 Å². The van der Waals surface area contributed by atoms with Gasteiger partial charge in [-0.1, -0.05) is 170 Å². The van der Waals surface area contributed by atoms with Gasteiger partial charge in [0.05, 0.1) is 5.69 Å². The molecule has 0 radical (unpaired) electrons. The summed E-state index contributed by atoms with van der Waals surface area (Å²) < 4.78 is 6.77. The second-order valence-electron chi connectivity index (χ2n) is 14.5. The van der Waals surface area contributed by atoms with Gasteiger partial charge in [-0.2, -0.15) is 0 Å². The minimum atomic E-state index is 0.892. The molecule has 0 aliphatic carbocycles. The van der Waals surface area contributed by atoms with Crippen molar-refractivity contribution in [3.8, 4) is 33.4 Å². The molecule has 2 heteroatoms. The summed E-state index contributed by atoms with van der Waals surface area (Å²) in [6.45, 7) is 0. The number of rotatable bonds is 6. The van der Waals surface area contributed by atoms with E-state index >= 15 is 0 Å². The lowest BCUT2D eigenvalue weighted by Gasteiger charge is -2.28. The summed E-state index contributed by atoms with van der Waals surface area (Å²) in [7, 11) is 0. The van der Waals surface area contributed by atoms with Crippen LogP contribution in [0.5, 0.6) is 0 Å². The molecular formula is C54H35NO. The summed E-state index contributed by atoms with van der Waals surface area (Å²) in [5.74, 6) is 0. The minimum Gasteiger partial charge on any atom is -0.455 e. The zero-order chi connectivity index (χ0) is 37.0. The Hall–Kier alpha value is -7.42. The van der Waals surface area contributed by atoms with Crippen LogP contribution in [-0.4, -0.2) is 0 Å². The predicted molar refractivity (Wildman–Crippen MR) is 237 cm³/mol. The first-order chi connectivity index (χ1) is 27.8. The fourth-order valence-corrected chi connectivity index (χ4v) is 8.53. The molecule has 11 aromatic rings. The van der Waals surface area contributed by atoms with Crippen molar-refractivity contribution < 1.29 is 4.42 Å². The Morgan fingerprint density at radius 1 is 0.304 bits per heavy atom. The molecule has 262 valence electrons. The molecule has 0 saturated heterocycles. The van der Waals surface area contributed by atoms with Crippen molar-refractivity contribution >= 4 is 71.3 Å². The molecule has 0 aliphatic heterocycles. The molecule has 1 heterocycles. The van der Waals surface area contributed by atoms with Crippen molar-refractivity contribution in [3.63, 3.8) is 0 Å². The van der Waals surface area contributed by atoms with Crippen molar-refractivity contribution in [1.29, 1.82) is 0 Å². The number of para-hydroxylation sites is 2. The Kier molecular flexibility index (Phi) is 7.53.